The molecule has 6 heteroatoms. The molecule has 3 N–H and O–H groups in total. The summed E-state index contributed by atoms with van der Waals surface area (Å²) < 4.78 is 5.56. The first-order valence-corrected chi connectivity index (χ1v) is 6.90. The van der Waals surface area contributed by atoms with Crippen molar-refractivity contribution < 1.29 is 19.4 Å². The van der Waals surface area contributed by atoms with E-state index in [1.165, 1.54) is 0 Å². The monoisotopic (exact) mass is 272 g/mol. The van der Waals surface area contributed by atoms with Gasteiger partial charge in [0.2, 0.25) is 0 Å². The highest BCUT2D eigenvalue weighted by Gasteiger charge is 2.26. The number of hydrogen-bond acceptors (Lipinski definition) is 3. The molecule has 1 saturated heterocycles. The van der Waals surface area contributed by atoms with Crippen molar-refractivity contribution in [3.8, 4) is 0 Å². The molecule has 0 spiro atoms. The molecular formula is C13H24N2O4. The van der Waals surface area contributed by atoms with E-state index in [1.54, 1.807) is 6.92 Å². The van der Waals surface area contributed by atoms with Crippen LogP contribution in [-0.4, -0.2) is 42.4 Å². The number of amides is 2. The van der Waals surface area contributed by atoms with Gasteiger partial charge in [0.05, 0.1) is 6.10 Å². The van der Waals surface area contributed by atoms with Gasteiger partial charge in [-0.15, -0.1) is 0 Å². The second kappa shape index (κ2) is 7.99. The highest BCUT2D eigenvalue weighted by Crippen LogP contribution is 2.22. The number of hydrogen-bond donors (Lipinski definition) is 3. The Morgan fingerprint density at radius 1 is 1.47 bits per heavy atom. The molecule has 0 radical (unpaired) electrons. The molecule has 0 aromatic rings. The van der Waals surface area contributed by atoms with Crippen LogP contribution in [0.1, 0.15) is 39.5 Å². The third-order valence-electron chi connectivity index (χ3n) is 3.44. The molecule has 6 nitrogen and oxygen atoms in total. The van der Waals surface area contributed by atoms with E-state index in [4.69, 9.17) is 9.84 Å². The lowest BCUT2D eigenvalue weighted by Gasteiger charge is -2.19. The van der Waals surface area contributed by atoms with Gasteiger partial charge >= 0.3 is 12.0 Å². The number of ether oxygens (including phenoxy) is 1. The zero-order chi connectivity index (χ0) is 14.3. The first-order valence-electron chi connectivity index (χ1n) is 6.90. The van der Waals surface area contributed by atoms with Crippen molar-refractivity contribution >= 4 is 12.0 Å². The number of rotatable bonds is 7. The summed E-state index contributed by atoms with van der Waals surface area (Å²) in [5.74, 6) is -0.465. The van der Waals surface area contributed by atoms with Crippen LogP contribution < -0.4 is 10.6 Å². The maximum absolute atomic E-state index is 11.6. The minimum Gasteiger partial charge on any atom is -0.481 e. The van der Waals surface area contributed by atoms with Crippen molar-refractivity contribution in [2.45, 2.75) is 51.7 Å². The zero-order valence-electron chi connectivity index (χ0n) is 11.6. The van der Waals surface area contributed by atoms with Gasteiger partial charge in [-0.3, -0.25) is 4.79 Å². The zero-order valence-corrected chi connectivity index (χ0v) is 11.6. The third kappa shape index (κ3) is 5.92. The minimum atomic E-state index is -0.844. The Kier molecular flexibility index (Phi) is 6.62. The van der Waals surface area contributed by atoms with Crippen LogP contribution in [0.15, 0.2) is 0 Å². The van der Waals surface area contributed by atoms with Gasteiger partial charge in [0.1, 0.15) is 0 Å². The lowest BCUT2D eigenvalue weighted by Crippen LogP contribution is -2.43. The summed E-state index contributed by atoms with van der Waals surface area (Å²) in [7, 11) is 0. The van der Waals surface area contributed by atoms with Crippen LogP contribution in [0.25, 0.3) is 0 Å². The Hall–Kier alpha value is -1.30. The Morgan fingerprint density at radius 2 is 2.21 bits per heavy atom. The molecule has 2 amide bonds. The summed E-state index contributed by atoms with van der Waals surface area (Å²) in [5.41, 5.74) is 0. The summed E-state index contributed by atoms with van der Waals surface area (Å²) in [6.07, 6.45) is 2.68. The Labute approximate surface area is 113 Å². The molecule has 3 atom stereocenters. The molecule has 1 rings (SSSR count). The molecule has 1 heterocycles. The lowest BCUT2D eigenvalue weighted by atomic mass is 10.00. The van der Waals surface area contributed by atoms with Crippen molar-refractivity contribution in [2.24, 2.45) is 5.92 Å². The predicted molar refractivity (Wildman–Crippen MR) is 71.0 cm³/mol. The van der Waals surface area contributed by atoms with Crippen molar-refractivity contribution in [1.29, 1.82) is 0 Å². The van der Waals surface area contributed by atoms with Crippen LogP contribution in [-0.2, 0) is 9.53 Å². The maximum atomic E-state index is 11.6. The average Bonchev–Trinajstić information content (AvgIpc) is 2.81. The quantitative estimate of drug-likeness (QED) is 0.653. The molecule has 1 aliphatic heterocycles. The fraction of sp³-hybridized carbons (Fsp3) is 0.846. The van der Waals surface area contributed by atoms with Gasteiger partial charge < -0.3 is 20.5 Å². The summed E-state index contributed by atoms with van der Waals surface area (Å²) >= 11 is 0. The number of aliphatic carboxylic acids is 1. The van der Waals surface area contributed by atoms with Gasteiger partial charge in [0, 0.05) is 31.5 Å². The maximum Gasteiger partial charge on any atom is 0.315 e. The molecule has 0 aromatic heterocycles. The van der Waals surface area contributed by atoms with Crippen LogP contribution in [0.5, 0.6) is 0 Å². The normalized spacial score (nSPS) is 23.9. The highest BCUT2D eigenvalue weighted by atomic mass is 16.5. The minimum absolute atomic E-state index is 0.0653. The number of nitrogens with one attached hydrogen (secondary N) is 2. The second-order valence-corrected chi connectivity index (χ2v) is 5.05. The molecule has 0 bridgehead atoms. The molecule has 0 aromatic carbocycles. The van der Waals surface area contributed by atoms with Crippen molar-refractivity contribution in [3.63, 3.8) is 0 Å². The van der Waals surface area contributed by atoms with E-state index >= 15 is 0 Å². The predicted octanol–water partition coefficient (Wildman–Crippen LogP) is 1.35. The molecule has 1 fully saturated rings. The van der Waals surface area contributed by atoms with Crippen LogP contribution in [0.3, 0.4) is 0 Å². The fourth-order valence-electron chi connectivity index (χ4n) is 2.29. The van der Waals surface area contributed by atoms with Crippen LogP contribution in [0.4, 0.5) is 4.79 Å². The largest absolute Gasteiger partial charge is 0.481 e. The topological polar surface area (TPSA) is 87.7 Å². The SMILES string of the molecule is CCC1OCCC1CNC(=O)NC(C)CCC(=O)O. The van der Waals surface area contributed by atoms with E-state index in [-0.39, 0.29) is 24.6 Å². The summed E-state index contributed by atoms with van der Waals surface area (Å²) in [4.78, 5) is 22.1. The molecule has 3 unspecified atom stereocenters. The van der Waals surface area contributed by atoms with Gasteiger partial charge in [-0.05, 0) is 26.2 Å². The van der Waals surface area contributed by atoms with E-state index in [0.717, 1.165) is 19.4 Å². The number of carbonyl (C=O) groups excluding carboxylic acids is 1. The van der Waals surface area contributed by atoms with E-state index in [1.807, 2.05) is 0 Å². The molecule has 0 aliphatic carbocycles. The number of urea groups is 1. The first-order chi connectivity index (χ1) is 9.02. The molecule has 110 valence electrons. The smallest absolute Gasteiger partial charge is 0.315 e. The highest BCUT2D eigenvalue weighted by molar-refractivity contribution is 5.74. The second-order valence-electron chi connectivity index (χ2n) is 5.05. The fourth-order valence-corrected chi connectivity index (χ4v) is 2.29. The molecular weight excluding hydrogens is 248 g/mol. The summed E-state index contributed by atoms with van der Waals surface area (Å²) in [6, 6.07) is -0.377. The summed E-state index contributed by atoms with van der Waals surface area (Å²) in [6.45, 7) is 5.25. The summed E-state index contributed by atoms with van der Waals surface area (Å²) in [5, 5.41) is 14.1. The van der Waals surface area contributed by atoms with E-state index in [0.29, 0.717) is 18.9 Å². The van der Waals surface area contributed by atoms with Crippen LogP contribution in [0.2, 0.25) is 0 Å². The molecule has 19 heavy (non-hydrogen) atoms. The van der Waals surface area contributed by atoms with Crippen LogP contribution in [0, 0.1) is 5.92 Å². The number of carbonyl (C=O) groups is 2. The molecule has 0 saturated carbocycles. The van der Waals surface area contributed by atoms with Gasteiger partial charge in [-0.25, -0.2) is 4.79 Å². The lowest BCUT2D eigenvalue weighted by molar-refractivity contribution is -0.137. The van der Waals surface area contributed by atoms with Crippen molar-refractivity contribution in [2.75, 3.05) is 13.2 Å². The van der Waals surface area contributed by atoms with E-state index in [2.05, 4.69) is 17.6 Å². The van der Waals surface area contributed by atoms with Gasteiger partial charge in [0.25, 0.3) is 0 Å². The van der Waals surface area contributed by atoms with Crippen molar-refractivity contribution in [3.05, 3.63) is 0 Å². The average molecular weight is 272 g/mol. The van der Waals surface area contributed by atoms with Crippen molar-refractivity contribution in [1.82, 2.24) is 10.6 Å². The Balaban J connectivity index is 2.18. The standard InChI is InChI=1S/C13H24N2O4/c1-3-11-10(6-7-19-11)8-14-13(18)15-9(2)4-5-12(16)17/h9-11H,3-8H2,1-2H3,(H,16,17)(H2,14,15,18). The van der Waals surface area contributed by atoms with Crippen LogP contribution >= 0.6 is 0 Å². The number of carboxylic acids is 1. The van der Waals surface area contributed by atoms with E-state index in [9.17, 15) is 9.59 Å². The van der Waals surface area contributed by atoms with E-state index < -0.39 is 5.97 Å². The Morgan fingerprint density at radius 3 is 2.84 bits per heavy atom. The first kappa shape index (κ1) is 15.8. The van der Waals surface area contributed by atoms with Gasteiger partial charge in [-0.2, -0.15) is 0 Å². The van der Waals surface area contributed by atoms with Gasteiger partial charge in [-0.1, -0.05) is 6.92 Å². The Bertz CT molecular complexity index is 309. The third-order valence-corrected chi connectivity index (χ3v) is 3.44. The number of carboxylic acid groups (broad SMARTS) is 1. The molecule has 1 aliphatic rings. The van der Waals surface area contributed by atoms with Gasteiger partial charge in [0.15, 0.2) is 0 Å².